The first-order valence-electron chi connectivity index (χ1n) is 3.28. The second-order valence-electron chi connectivity index (χ2n) is 2.18. The number of terminal acetylenes is 1. The Kier molecular flexibility index (Phi) is 9.48. The van der Waals surface area contributed by atoms with Crippen molar-refractivity contribution in [1.82, 2.24) is 0 Å². The van der Waals surface area contributed by atoms with Crippen LogP contribution in [0.5, 0.6) is 0 Å². The predicted octanol–water partition coefficient (Wildman–Crippen LogP) is 3.17. The van der Waals surface area contributed by atoms with Crippen molar-refractivity contribution in [2.75, 3.05) is 0 Å². The Morgan fingerprint density at radius 1 is 1.10 bits per heavy atom. The molecule has 0 fully saturated rings. The van der Waals surface area contributed by atoms with Crippen LogP contribution in [0.2, 0.25) is 0 Å². The summed E-state index contributed by atoms with van der Waals surface area (Å²) in [5.41, 5.74) is 2.76. The lowest BCUT2D eigenvalue weighted by molar-refractivity contribution is 1.29. The first-order chi connectivity index (χ1) is 4.68. The average molecular weight is 136 g/mol. The van der Waals surface area contributed by atoms with E-state index in [0.29, 0.717) is 0 Å². The fraction of sp³-hybridized carbons (Fsp3) is 0.400. The van der Waals surface area contributed by atoms with Crippen LogP contribution in [0, 0.1) is 12.8 Å². The van der Waals surface area contributed by atoms with Gasteiger partial charge in [0.2, 0.25) is 0 Å². The highest BCUT2D eigenvalue weighted by Crippen LogP contribution is 2.01. The van der Waals surface area contributed by atoms with Gasteiger partial charge >= 0.3 is 0 Å². The van der Waals surface area contributed by atoms with Crippen LogP contribution in [0.15, 0.2) is 23.3 Å². The van der Waals surface area contributed by atoms with E-state index in [-0.39, 0.29) is 0 Å². The first kappa shape index (κ1) is 11.8. The highest BCUT2D eigenvalue weighted by molar-refractivity contribution is 5.19. The summed E-state index contributed by atoms with van der Waals surface area (Å²) in [5, 5.41) is 0. The maximum absolute atomic E-state index is 4.00. The average Bonchev–Trinajstić information content (AvgIpc) is 1.93. The molecule has 0 radical (unpaired) electrons. The van der Waals surface area contributed by atoms with Gasteiger partial charge in [-0.1, -0.05) is 23.3 Å². The second kappa shape index (κ2) is 8.04. The van der Waals surface area contributed by atoms with E-state index in [1.807, 2.05) is 6.92 Å². The summed E-state index contributed by atoms with van der Waals surface area (Å²) >= 11 is 0. The van der Waals surface area contributed by atoms with Crippen LogP contribution < -0.4 is 0 Å². The summed E-state index contributed by atoms with van der Waals surface area (Å²) in [6, 6.07) is 0. The van der Waals surface area contributed by atoms with Crippen molar-refractivity contribution in [3.8, 4) is 12.8 Å². The topological polar surface area (TPSA) is 0 Å². The van der Waals surface area contributed by atoms with Crippen LogP contribution in [-0.2, 0) is 0 Å². The van der Waals surface area contributed by atoms with Crippen LogP contribution >= 0.6 is 0 Å². The molecule has 0 heteroatoms. The van der Waals surface area contributed by atoms with E-state index in [2.05, 4.69) is 45.8 Å². The van der Waals surface area contributed by atoms with Gasteiger partial charge in [-0.05, 0) is 27.7 Å². The molecule has 0 amide bonds. The Morgan fingerprint density at radius 3 is 1.60 bits per heavy atom. The smallest absolute Gasteiger partial charge is 0.0399 e. The second-order valence-corrected chi connectivity index (χ2v) is 2.18. The van der Waals surface area contributed by atoms with Crippen molar-refractivity contribution in [2.24, 2.45) is 0 Å². The van der Waals surface area contributed by atoms with Gasteiger partial charge in [0.15, 0.2) is 0 Å². The Morgan fingerprint density at radius 2 is 1.50 bits per heavy atom. The van der Waals surface area contributed by atoms with E-state index in [4.69, 9.17) is 0 Å². The van der Waals surface area contributed by atoms with E-state index in [0.717, 1.165) is 0 Å². The van der Waals surface area contributed by atoms with Gasteiger partial charge in [-0.25, -0.2) is 0 Å². The molecule has 0 aliphatic heterocycles. The normalized spacial score (nSPS) is 8.20. The van der Waals surface area contributed by atoms with E-state index in [9.17, 15) is 0 Å². The molecule has 0 aromatic rings. The summed E-state index contributed by atoms with van der Waals surface area (Å²) in [6.45, 7) is 8.40. The quantitative estimate of drug-likeness (QED) is 0.383. The maximum atomic E-state index is 4.00. The Labute approximate surface area is 64.6 Å². The molecule has 0 aliphatic rings. The molecule has 56 valence electrons. The van der Waals surface area contributed by atoms with Gasteiger partial charge in [0.25, 0.3) is 0 Å². The molecule has 0 nitrogen and oxygen atoms in total. The molecule has 0 aliphatic carbocycles. The van der Waals surface area contributed by atoms with E-state index in [1.165, 1.54) is 11.1 Å². The largest absolute Gasteiger partial charge is 0.124 e. The van der Waals surface area contributed by atoms with E-state index < -0.39 is 0 Å². The molecule has 0 aromatic heterocycles. The highest BCUT2D eigenvalue weighted by atomic mass is 13.9. The minimum atomic E-state index is 1.37. The van der Waals surface area contributed by atoms with Gasteiger partial charge < -0.3 is 0 Å². The number of rotatable bonds is 1. The Hall–Kier alpha value is -0.960. The molecule has 0 spiro atoms. The maximum Gasteiger partial charge on any atom is -0.0399 e. The zero-order valence-corrected chi connectivity index (χ0v) is 7.31. The molecule has 0 atom stereocenters. The van der Waals surface area contributed by atoms with Crippen molar-refractivity contribution >= 4 is 0 Å². The highest BCUT2D eigenvalue weighted by Gasteiger charge is 1.80. The molecular weight excluding hydrogens is 120 g/mol. The number of hydrogen-bond donors (Lipinski definition) is 0. The van der Waals surface area contributed by atoms with Crippen LogP contribution in [0.25, 0.3) is 0 Å². The fourth-order valence-electron chi connectivity index (χ4n) is 0.417. The summed E-state index contributed by atoms with van der Waals surface area (Å²) in [6.07, 6.45) is 12.2. The molecule has 0 rings (SSSR count). The van der Waals surface area contributed by atoms with E-state index in [1.54, 1.807) is 0 Å². The van der Waals surface area contributed by atoms with Crippen LogP contribution in [-0.4, -0.2) is 0 Å². The van der Waals surface area contributed by atoms with Crippen molar-refractivity contribution < 1.29 is 0 Å². The summed E-state index contributed by atoms with van der Waals surface area (Å²) in [5.74, 6) is 0. The van der Waals surface area contributed by atoms with Gasteiger partial charge in [0, 0.05) is 0 Å². The van der Waals surface area contributed by atoms with Crippen molar-refractivity contribution in [3.05, 3.63) is 23.3 Å². The lowest BCUT2D eigenvalue weighted by atomic mass is 10.2. The van der Waals surface area contributed by atoms with Gasteiger partial charge in [-0.2, -0.15) is 0 Å². The lowest BCUT2D eigenvalue weighted by Gasteiger charge is -1.91. The third-order valence-electron chi connectivity index (χ3n) is 1.21. The predicted molar refractivity (Wildman–Crippen MR) is 48.8 cm³/mol. The molecule has 0 saturated heterocycles. The zero-order chi connectivity index (χ0) is 8.57. The minimum Gasteiger partial charge on any atom is -0.124 e. The van der Waals surface area contributed by atoms with Crippen LogP contribution in [0.4, 0.5) is 0 Å². The zero-order valence-electron chi connectivity index (χ0n) is 7.31. The number of allylic oxidation sites excluding steroid dienone is 4. The summed E-state index contributed by atoms with van der Waals surface area (Å²) in [4.78, 5) is 0. The third kappa shape index (κ3) is 7.04. The molecular formula is C10H16. The van der Waals surface area contributed by atoms with E-state index >= 15 is 0 Å². The Balaban J connectivity index is 0. The lowest BCUT2D eigenvalue weighted by Crippen LogP contribution is -1.70. The first-order valence-corrected chi connectivity index (χ1v) is 3.28. The third-order valence-corrected chi connectivity index (χ3v) is 1.21. The number of hydrogen-bond acceptors (Lipinski definition) is 0. The van der Waals surface area contributed by atoms with Crippen molar-refractivity contribution in [3.63, 3.8) is 0 Å². The molecule has 10 heavy (non-hydrogen) atoms. The minimum absolute atomic E-state index is 1.37. The SMILES string of the molecule is C#C.C/C=C\C(C)=C(C)C. The molecule has 0 heterocycles. The molecule has 0 aromatic carbocycles. The molecule has 0 unspecified atom stereocenters. The fourth-order valence-corrected chi connectivity index (χ4v) is 0.417. The molecule has 0 bridgehead atoms. The standard InChI is InChI=1S/C8H14.C2H2/c1-5-6-8(4)7(2)3;1-2/h5-6H,1-4H3;1-2H/b6-5-;. The molecule has 0 saturated carbocycles. The monoisotopic (exact) mass is 136 g/mol. The molecule has 0 N–H and O–H groups in total. The Bertz CT molecular complexity index is 141. The van der Waals surface area contributed by atoms with Crippen LogP contribution in [0.3, 0.4) is 0 Å². The summed E-state index contributed by atoms with van der Waals surface area (Å²) < 4.78 is 0. The van der Waals surface area contributed by atoms with Gasteiger partial charge in [-0.3, -0.25) is 0 Å². The van der Waals surface area contributed by atoms with Gasteiger partial charge in [-0.15, -0.1) is 12.8 Å². The summed E-state index contributed by atoms with van der Waals surface area (Å²) in [7, 11) is 0. The van der Waals surface area contributed by atoms with Crippen molar-refractivity contribution in [1.29, 1.82) is 0 Å². The van der Waals surface area contributed by atoms with Gasteiger partial charge in [0.05, 0.1) is 0 Å². The van der Waals surface area contributed by atoms with Crippen LogP contribution in [0.1, 0.15) is 27.7 Å². The van der Waals surface area contributed by atoms with Gasteiger partial charge in [0.1, 0.15) is 0 Å². The van der Waals surface area contributed by atoms with Crippen molar-refractivity contribution in [2.45, 2.75) is 27.7 Å².